The van der Waals surface area contributed by atoms with Crippen LogP contribution in [-0.4, -0.2) is 6.29 Å². The summed E-state index contributed by atoms with van der Waals surface area (Å²) in [6.45, 7) is 0. The van der Waals surface area contributed by atoms with Crippen molar-refractivity contribution in [1.82, 2.24) is 0 Å². The normalized spacial score (nSPS) is 10.3. The van der Waals surface area contributed by atoms with Gasteiger partial charge in [0.1, 0.15) is 6.29 Å². The number of rotatable bonds is 3. The quantitative estimate of drug-likeness (QED) is 0.776. The summed E-state index contributed by atoms with van der Waals surface area (Å²) in [5.41, 5.74) is -0.168. The molecule has 19 heavy (non-hydrogen) atoms. The molecule has 0 aliphatic carbocycles. The molecular formula is C13H6BrF3O2. The van der Waals surface area contributed by atoms with E-state index in [0.717, 1.165) is 18.2 Å². The predicted molar refractivity (Wildman–Crippen MR) is 65.9 cm³/mol. The maximum Gasteiger partial charge on any atom is 0.198 e. The van der Waals surface area contributed by atoms with Gasteiger partial charge in [0.2, 0.25) is 0 Å². The van der Waals surface area contributed by atoms with Gasteiger partial charge in [0.05, 0.1) is 0 Å². The second-order valence-electron chi connectivity index (χ2n) is 3.61. The first-order valence-corrected chi connectivity index (χ1v) is 5.87. The van der Waals surface area contributed by atoms with Crippen molar-refractivity contribution in [3.63, 3.8) is 0 Å². The van der Waals surface area contributed by atoms with Crippen LogP contribution in [0.3, 0.4) is 0 Å². The Morgan fingerprint density at radius 3 is 2.16 bits per heavy atom. The van der Waals surface area contributed by atoms with E-state index in [1.165, 1.54) is 12.1 Å². The first-order valence-electron chi connectivity index (χ1n) is 5.08. The van der Waals surface area contributed by atoms with Gasteiger partial charge < -0.3 is 4.74 Å². The van der Waals surface area contributed by atoms with Gasteiger partial charge in [-0.3, -0.25) is 4.79 Å². The molecule has 0 N–H and O–H groups in total. The molecule has 2 rings (SSSR count). The van der Waals surface area contributed by atoms with E-state index in [2.05, 4.69) is 15.9 Å². The molecule has 0 spiro atoms. The van der Waals surface area contributed by atoms with Gasteiger partial charge in [-0.25, -0.2) is 13.2 Å². The highest BCUT2D eigenvalue weighted by atomic mass is 79.9. The summed E-state index contributed by atoms with van der Waals surface area (Å²) >= 11 is 3.05. The highest BCUT2D eigenvalue weighted by molar-refractivity contribution is 9.10. The SMILES string of the molecule is O=Cc1cc(F)c(Oc2ccc(Br)cc2F)c(F)c1. The molecule has 0 fully saturated rings. The molecule has 98 valence electrons. The molecule has 6 heteroatoms. The minimum atomic E-state index is -1.08. The van der Waals surface area contributed by atoms with Gasteiger partial charge in [-0.2, -0.15) is 0 Å². The minimum Gasteiger partial charge on any atom is -0.448 e. The number of halogens is 4. The Kier molecular flexibility index (Phi) is 3.90. The summed E-state index contributed by atoms with van der Waals surface area (Å²) in [6.07, 6.45) is 0.302. The molecule has 0 heterocycles. The lowest BCUT2D eigenvalue weighted by Gasteiger charge is -2.09. The monoisotopic (exact) mass is 330 g/mol. The van der Waals surface area contributed by atoms with Crippen molar-refractivity contribution in [2.45, 2.75) is 0 Å². The standard InChI is InChI=1S/C13H6BrF3O2/c14-8-1-2-12(9(15)5-8)19-13-10(16)3-7(6-18)4-11(13)17/h1-6H. The number of ether oxygens (including phenoxy) is 1. The second kappa shape index (κ2) is 5.44. The second-order valence-corrected chi connectivity index (χ2v) is 4.52. The topological polar surface area (TPSA) is 26.3 Å². The van der Waals surface area contributed by atoms with Crippen molar-refractivity contribution in [3.05, 3.63) is 57.8 Å². The fraction of sp³-hybridized carbons (Fsp3) is 0. The molecule has 0 amide bonds. The lowest BCUT2D eigenvalue weighted by molar-refractivity contribution is 0.112. The third-order valence-corrected chi connectivity index (χ3v) is 2.76. The molecule has 0 saturated carbocycles. The van der Waals surface area contributed by atoms with Gasteiger partial charge in [0.15, 0.2) is 29.0 Å². The van der Waals surface area contributed by atoms with Crippen LogP contribution in [0.4, 0.5) is 13.2 Å². The fourth-order valence-electron chi connectivity index (χ4n) is 1.41. The van der Waals surface area contributed by atoms with E-state index in [9.17, 15) is 18.0 Å². The number of hydrogen-bond acceptors (Lipinski definition) is 2. The van der Waals surface area contributed by atoms with Crippen LogP contribution in [0, 0.1) is 17.5 Å². The first kappa shape index (κ1) is 13.6. The Hall–Kier alpha value is -1.82. The van der Waals surface area contributed by atoms with Crippen molar-refractivity contribution in [1.29, 1.82) is 0 Å². The van der Waals surface area contributed by atoms with E-state index in [1.54, 1.807) is 0 Å². The van der Waals surface area contributed by atoms with Gasteiger partial charge >= 0.3 is 0 Å². The molecule has 0 radical (unpaired) electrons. The summed E-state index contributed by atoms with van der Waals surface area (Å²) in [5, 5.41) is 0. The maximum absolute atomic E-state index is 13.5. The van der Waals surface area contributed by atoms with Crippen molar-refractivity contribution >= 4 is 22.2 Å². The van der Waals surface area contributed by atoms with Crippen LogP contribution in [0.2, 0.25) is 0 Å². The molecule has 0 atom stereocenters. The van der Waals surface area contributed by atoms with Gasteiger partial charge in [0, 0.05) is 10.0 Å². The molecule has 2 aromatic carbocycles. The zero-order valence-electron chi connectivity index (χ0n) is 9.29. The summed E-state index contributed by atoms with van der Waals surface area (Å²) < 4.78 is 45.9. The third-order valence-electron chi connectivity index (χ3n) is 2.26. The van der Waals surface area contributed by atoms with E-state index in [0.29, 0.717) is 10.8 Å². The van der Waals surface area contributed by atoms with Gasteiger partial charge in [-0.15, -0.1) is 0 Å². The number of carbonyl (C=O) groups excluding carboxylic acids is 1. The van der Waals surface area contributed by atoms with Crippen LogP contribution < -0.4 is 4.74 Å². The van der Waals surface area contributed by atoms with E-state index >= 15 is 0 Å². The molecule has 0 aliphatic heterocycles. The van der Waals surface area contributed by atoms with E-state index < -0.39 is 23.2 Å². The van der Waals surface area contributed by atoms with Crippen LogP contribution in [0.5, 0.6) is 11.5 Å². The van der Waals surface area contributed by atoms with E-state index in [1.807, 2.05) is 0 Å². The minimum absolute atomic E-state index is 0.168. The molecule has 2 aromatic rings. The molecular weight excluding hydrogens is 325 g/mol. The maximum atomic E-state index is 13.5. The van der Waals surface area contributed by atoms with Crippen LogP contribution in [0.15, 0.2) is 34.8 Å². The van der Waals surface area contributed by atoms with Crippen molar-refractivity contribution < 1.29 is 22.7 Å². The zero-order chi connectivity index (χ0) is 14.0. The van der Waals surface area contributed by atoms with E-state index in [4.69, 9.17) is 4.74 Å². The van der Waals surface area contributed by atoms with Gasteiger partial charge in [0.25, 0.3) is 0 Å². The van der Waals surface area contributed by atoms with Crippen molar-refractivity contribution in [2.75, 3.05) is 0 Å². The molecule has 0 bridgehead atoms. The first-order chi connectivity index (χ1) is 9.01. The van der Waals surface area contributed by atoms with Gasteiger partial charge in [-0.1, -0.05) is 15.9 Å². The highest BCUT2D eigenvalue weighted by Gasteiger charge is 2.15. The smallest absolute Gasteiger partial charge is 0.198 e. The van der Waals surface area contributed by atoms with Crippen LogP contribution in [-0.2, 0) is 0 Å². The number of aldehydes is 1. The predicted octanol–water partition coefficient (Wildman–Crippen LogP) is 4.47. The number of benzene rings is 2. The molecule has 0 saturated heterocycles. The van der Waals surface area contributed by atoms with E-state index in [-0.39, 0.29) is 11.3 Å². The Labute approximate surface area is 114 Å². The molecule has 0 aromatic heterocycles. The fourth-order valence-corrected chi connectivity index (χ4v) is 1.75. The van der Waals surface area contributed by atoms with Crippen LogP contribution >= 0.6 is 15.9 Å². The average molecular weight is 331 g/mol. The summed E-state index contributed by atoms with van der Waals surface area (Å²) in [6, 6.07) is 5.41. The summed E-state index contributed by atoms with van der Waals surface area (Å²) in [4.78, 5) is 10.4. The highest BCUT2D eigenvalue weighted by Crippen LogP contribution is 2.31. The molecule has 0 unspecified atom stereocenters. The molecule has 0 aliphatic rings. The lowest BCUT2D eigenvalue weighted by Crippen LogP contribution is -1.96. The summed E-state index contributed by atoms with van der Waals surface area (Å²) in [5.74, 6) is -4.01. The Balaban J connectivity index is 2.41. The average Bonchev–Trinajstić information content (AvgIpc) is 2.35. The zero-order valence-corrected chi connectivity index (χ0v) is 10.9. The third kappa shape index (κ3) is 2.96. The lowest BCUT2D eigenvalue weighted by atomic mass is 10.2. The largest absolute Gasteiger partial charge is 0.448 e. The Bertz CT molecular complexity index is 621. The Morgan fingerprint density at radius 1 is 1.00 bits per heavy atom. The summed E-state index contributed by atoms with van der Waals surface area (Å²) in [7, 11) is 0. The number of hydrogen-bond donors (Lipinski definition) is 0. The Morgan fingerprint density at radius 2 is 1.63 bits per heavy atom. The van der Waals surface area contributed by atoms with Crippen LogP contribution in [0.1, 0.15) is 10.4 Å². The van der Waals surface area contributed by atoms with Crippen molar-refractivity contribution in [3.8, 4) is 11.5 Å². The number of carbonyl (C=O) groups is 1. The molecule has 2 nitrogen and oxygen atoms in total. The van der Waals surface area contributed by atoms with Crippen LogP contribution in [0.25, 0.3) is 0 Å². The van der Waals surface area contributed by atoms with Gasteiger partial charge in [-0.05, 0) is 30.3 Å². The van der Waals surface area contributed by atoms with Crippen molar-refractivity contribution in [2.24, 2.45) is 0 Å².